The number of hydrogen-bond donors (Lipinski definition) is 1. The summed E-state index contributed by atoms with van der Waals surface area (Å²) in [5, 5.41) is 7.81. The number of ether oxygens (including phenoxy) is 1. The fourth-order valence-electron chi connectivity index (χ4n) is 1.64. The van der Waals surface area contributed by atoms with Gasteiger partial charge < -0.3 is 14.9 Å². The van der Waals surface area contributed by atoms with Crippen molar-refractivity contribution in [2.75, 3.05) is 0 Å². The summed E-state index contributed by atoms with van der Waals surface area (Å²) in [6.45, 7) is 4.11. The molecule has 0 unspecified atom stereocenters. The zero-order valence-corrected chi connectivity index (χ0v) is 12.5. The molecule has 0 saturated heterocycles. The summed E-state index contributed by atoms with van der Waals surface area (Å²) in [5.74, 6) is 1.80. The van der Waals surface area contributed by atoms with Gasteiger partial charge in [-0.05, 0) is 19.1 Å². The molecule has 6 heteroatoms. The van der Waals surface area contributed by atoms with E-state index < -0.39 is 0 Å². The molecule has 0 fully saturated rings. The van der Waals surface area contributed by atoms with Crippen molar-refractivity contribution in [3.05, 3.63) is 40.0 Å². The van der Waals surface area contributed by atoms with Crippen molar-refractivity contribution in [1.82, 2.24) is 10.2 Å². The van der Waals surface area contributed by atoms with Crippen LogP contribution in [0.25, 0.3) is 0 Å². The summed E-state index contributed by atoms with van der Waals surface area (Å²) in [4.78, 5) is 0. The molecule has 1 atom stereocenters. The minimum atomic E-state index is -0.100. The maximum atomic E-state index is 5.91. The van der Waals surface area contributed by atoms with Gasteiger partial charge in [-0.1, -0.05) is 28.9 Å². The molecule has 5 nitrogen and oxygen atoms in total. The topological polar surface area (TPSA) is 74.2 Å². The molecule has 1 heterocycles. The van der Waals surface area contributed by atoms with Crippen molar-refractivity contribution in [3.8, 4) is 5.75 Å². The first-order valence-electron chi connectivity index (χ1n) is 6.09. The zero-order chi connectivity index (χ0) is 13.8. The first kappa shape index (κ1) is 14.0. The Hall–Kier alpha value is -1.40. The first-order chi connectivity index (χ1) is 9.10. The monoisotopic (exact) mass is 325 g/mol. The lowest BCUT2D eigenvalue weighted by Crippen LogP contribution is -2.08. The molecule has 2 aromatic rings. The van der Waals surface area contributed by atoms with Crippen molar-refractivity contribution in [2.24, 2.45) is 5.73 Å². The summed E-state index contributed by atoms with van der Waals surface area (Å²) in [7, 11) is 0. The number of rotatable bonds is 5. The van der Waals surface area contributed by atoms with E-state index in [0.29, 0.717) is 11.8 Å². The van der Waals surface area contributed by atoms with Gasteiger partial charge in [0.1, 0.15) is 5.75 Å². The molecule has 1 aromatic carbocycles. The van der Waals surface area contributed by atoms with Crippen LogP contribution in [0.2, 0.25) is 0 Å². The predicted octanol–water partition coefficient (Wildman–Crippen LogP) is 2.99. The van der Waals surface area contributed by atoms with Crippen molar-refractivity contribution < 1.29 is 9.15 Å². The summed E-state index contributed by atoms with van der Waals surface area (Å²) in [6.07, 6.45) is 0.717. The lowest BCUT2D eigenvalue weighted by molar-refractivity contribution is 0.256. The van der Waals surface area contributed by atoms with Crippen LogP contribution in [-0.2, 0) is 13.0 Å². The van der Waals surface area contributed by atoms with Gasteiger partial charge in [0.05, 0.1) is 0 Å². The van der Waals surface area contributed by atoms with E-state index in [9.17, 15) is 0 Å². The Balaban J connectivity index is 2.12. The maximum Gasteiger partial charge on any atom is 0.253 e. The summed E-state index contributed by atoms with van der Waals surface area (Å²) in [6, 6.07) is 5.66. The van der Waals surface area contributed by atoms with Gasteiger partial charge in [0.15, 0.2) is 6.61 Å². The summed E-state index contributed by atoms with van der Waals surface area (Å²) in [5.41, 5.74) is 6.86. The lowest BCUT2D eigenvalue weighted by Gasteiger charge is -2.13. The van der Waals surface area contributed by atoms with Gasteiger partial charge in [-0.25, -0.2) is 0 Å². The van der Waals surface area contributed by atoms with Crippen LogP contribution in [0.4, 0.5) is 0 Å². The first-order valence-corrected chi connectivity index (χ1v) is 6.88. The third-order valence-corrected chi connectivity index (χ3v) is 3.12. The smallest absolute Gasteiger partial charge is 0.253 e. The average molecular weight is 326 g/mol. The quantitative estimate of drug-likeness (QED) is 0.914. The SMILES string of the molecule is CCc1nnc(COc2cc(Br)ccc2[C@@H](C)N)o1. The molecule has 102 valence electrons. The number of aromatic nitrogens is 2. The highest BCUT2D eigenvalue weighted by molar-refractivity contribution is 9.10. The second kappa shape index (κ2) is 6.16. The number of halogens is 1. The van der Waals surface area contributed by atoms with E-state index in [2.05, 4.69) is 26.1 Å². The van der Waals surface area contributed by atoms with Gasteiger partial charge in [-0.3, -0.25) is 0 Å². The van der Waals surface area contributed by atoms with Crippen LogP contribution < -0.4 is 10.5 Å². The highest BCUT2D eigenvalue weighted by Crippen LogP contribution is 2.28. The second-order valence-electron chi connectivity index (χ2n) is 4.20. The highest BCUT2D eigenvalue weighted by Gasteiger charge is 2.11. The largest absolute Gasteiger partial charge is 0.483 e. The Morgan fingerprint density at radius 2 is 2.11 bits per heavy atom. The Morgan fingerprint density at radius 3 is 2.74 bits per heavy atom. The van der Waals surface area contributed by atoms with Crippen molar-refractivity contribution in [1.29, 1.82) is 0 Å². The van der Waals surface area contributed by atoms with E-state index in [1.165, 1.54) is 0 Å². The van der Waals surface area contributed by atoms with Gasteiger partial charge in [-0.15, -0.1) is 10.2 Å². The number of benzene rings is 1. The van der Waals surface area contributed by atoms with Crippen molar-refractivity contribution >= 4 is 15.9 Å². The van der Waals surface area contributed by atoms with Gasteiger partial charge in [0, 0.05) is 22.5 Å². The highest BCUT2D eigenvalue weighted by atomic mass is 79.9. The van der Waals surface area contributed by atoms with E-state index in [4.69, 9.17) is 14.9 Å². The number of hydrogen-bond acceptors (Lipinski definition) is 5. The summed E-state index contributed by atoms with van der Waals surface area (Å²) < 4.78 is 12.0. The molecule has 0 aliphatic carbocycles. The molecule has 0 amide bonds. The molecule has 0 aliphatic rings. The number of nitrogens with zero attached hydrogens (tertiary/aromatic N) is 2. The third kappa shape index (κ3) is 3.54. The fourth-order valence-corrected chi connectivity index (χ4v) is 1.98. The van der Waals surface area contributed by atoms with E-state index in [0.717, 1.165) is 22.2 Å². The van der Waals surface area contributed by atoms with Gasteiger partial charge >= 0.3 is 0 Å². The minimum absolute atomic E-state index is 0.100. The van der Waals surface area contributed by atoms with Crippen LogP contribution >= 0.6 is 15.9 Å². The zero-order valence-electron chi connectivity index (χ0n) is 10.9. The average Bonchev–Trinajstić information content (AvgIpc) is 2.84. The standard InChI is InChI=1S/C13H16BrN3O2/c1-3-12-16-17-13(19-12)7-18-11-6-9(14)4-5-10(11)8(2)15/h4-6,8H,3,7,15H2,1-2H3/t8-/m1/s1. The van der Waals surface area contributed by atoms with Crippen LogP contribution in [0.3, 0.4) is 0 Å². The molecule has 0 bridgehead atoms. The van der Waals surface area contributed by atoms with Crippen LogP contribution in [0.5, 0.6) is 5.75 Å². The number of aryl methyl sites for hydroxylation is 1. The maximum absolute atomic E-state index is 5.91. The van der Waals surface area contributed by atoms with Crippen LogP contribution in [0, 0.1) is 0 Å². The molecule has 0 aliphatic heterocycles. The molecule has 2 rings (SSSR count). The Labute approximate surface area is 120 Å². The Kier molecular flexibility index (Phi) is 4.55. The van der Waals surface area contributed by atoms with Gasteiger partial charge in [-0.2, -0.15) is 0 Å². The van der Waals surface area contributed by atoms with E-state index in [1.54, 1.807) is 0 Å². The molecule has 19 heavy (non-hydrogen) atoms. The van der Waals surface area contributed by atoms with Gasteiger partial charge in [0.25, 0.3) is 5.89 Å². The normalized spacial score (nSPS) is 12.4. The van der Waals surface area contributed by atoms with Crippen molar-refractivity contribution in [2.45, 2.75) is 32.9 Å². The molecular formula is C13H16BrN3O2. The van der Waals surface area contributed by atoms with E-state index in [-0.39, 0.29) is 12.6 Å². The molecular weight excluding hydrogens is 310 g/mol. The number of nitrogens with two attached hydrogens (primary N) is 1. The van der Waals surface area contributed by atoms with Crippen LogP contribution in [-0.4, -0.2) is 10.2 Å². The molecule has 2 N–H and O–H groups in total. The van der Waals surface area contributed by atoms with E-state index in [1.807, 2.05) is 32.0 Å². The fraction of sp³-hybridized carbons (Fsp3) is 0.385. The summed E-state index contributed by atoms with van der Waals surface area (Å²) >= 11 is 3.41. The van der Waals surface area contributed by atoms with Crippen LogP contribution in [0.15, 0.2) is 27.1 Å². The molecule has 0 radical (unpaired) electrons. The lowest BCUT2D eigenvalue weighted by atomic mass is 10.1. The van der Waals surface area contributed by atoms with Gasteiger partial charge in [0.2, 0.25) is 5.89 Å². The third-order valence-electron chi connectivity index (χ3n) is 2.63. The molecule has 1 aromatic heterocycles. The Bertz CT molecular complexity index is 555. The van der Waals surface area contributed by atoms with E-state index >= 15 is 0 Å². The minimum Gasteiger partial charge on any atom is -0.483 e. The van der Waals surface area contributed by atoms with Crippen molar-refractivity contribution in [3.63, 3.8) is 0 Å². The van der Waals surface area contributed by atoms with Crippen LogP contribution in [0.1, 0.15) is 37.2 Å². The predicted molar refractivity (Wildman–Crippen MR) is 74.8 cm³/mol. The Morgan fingerprint density at radius 1 is 1.37 bits per heavy atom. The molecule has 0 saturated carbocycles. The molecule has 0 spiro atoms. The second-order valence-corrected chi connectivity index (χ2v) is 5.12.